The minimum absolute atomic E-state index is 0.0926. The van der Waals surface area contributed by atoms with Crippen molar-refractivity contribution in [2.45, 2.75) is 0 Å². The van der Waals surface area contributed by atoms with Crippen LogP contribution in [0.25, 0.3) is 0 Å². The lowest BCUT2D eigenvalue weighted by Gasteiger charge is -2.35. The molecule has 22 heavy (non-hydrogen) atoms. The van der Waals surface area contributed by atoms with E-state index in [1.54, 1.807) is 12.1 Å². The topological polar surface area (TPSA) is 88.0 Å². The number of hydroxylamine groups is 1. The number of non-ortho nitro benzene ring substituents is 1. The van der Waals surface area contributed by atoms with Gasteiger partial charge in [0.25, 0.3) is 11.6 Å². The van der Waals surface area contributed by atoms with Crippen molar-refractivity contribution >= 4 is 45.8 Å². The first-order valence-electron chi connectivity index (χ1n) is 6.62. The number of halogens is 1. The highest BCUT2D eigenvalue weighted by Crippen LogP contribution is 2.21. The number of anilines is 1. The van der Waals surface area contributed by atoms with Gasteiger partial charge >= 0.3 is 0 Å². The number of nitrogens with zero attached hydrogens (tertiary/aromatic N) is 3. The fourth-order valence-electron chi connectivity index (χ4n) is 2.26. The van der Waals surface area contributed by atoms with Crippen LogP contribution in [0.15, 0.2) is 24.3 Å². The summed E-state index contributed by atoms with van der Waals surface area (Å²) in [6.07, 6.45) is 0. The monoisotopic (exact) mass is 438 g/mol. The molecule has 0 spiro atoms. The molecule has 1 aromatic carbocycles. The van der Waals surface area contributed by atoms with Gasteiger partial charge in [0.15, 0.2) is 0 Å². The Morgan fingerprint density at radius 2 is 1.95 bits per heavy atom. The Bertz CT molecular complexity index is 522. The second kappa shape index (κ2) is 8.56. The van der Waals surface area contributed by atoms with Crippen LogP contribution in [0.4, 0.5) is 11.4 Å². The quantitative estimate of drug-likeness (QED) is 0.315. The summed E-state index contributed by atoms with van der Waals surface area (Å²) in [5.41, 5.74) is 3.44. The Morgan fingerprint density at radius 3 is 2.50 bits per heavy atom. The van der Waals surface area contributed by atoms with E-state index < -0.39 is 4.92 Å². The van der Waals surface area contributed by atoms with E-state index in [2.05, 4.69) is 15.3 Å². The van der Waals surface area contributed by atoms with Crippen LogP contribution in [0.3, 0.4) is 0 Å². The predicted molar refractivity (Wildman–Crippen MR) is 93.3 cm³/mol. The summed E-state index contributed by atoms with van der Waals surface area (Å²) in [5, 5.41) is 10.6. The Labute approximate surface area is 142 Å². The lowest BCUT2D eigenvalue weighted by atomic mass is 10.2. The van der Waals surface area contributed by atoms with Crippen LogP contribution in [0.5, 0.6) is 0 Å². The first-order chi connectivity index (χ1) is 10.6. The van der Waals surface area contributed by atoms with Crippen LogP contribution >= 0.6 is 28.5 Å². The number of hydrogen-bond acceptors (Lipinski definition) is 6. The van der Waals surface area contributed by atoms with Crippen molar-refractivity contribution in [3.63, 3.8) is 0 Å². The van der Waals surface area contributed by atoms with Crippen molar-refractivity contribution in [2.75, 3.05) is 37.6 Å². The molecule has 1 heterocycles. The molecule has 0 radical (unpaired) electrons. The zero-order valence-electron chi connectivity index (χ0n) is 11.7. The second-order valence-electron chi connectivity index (χ2n) is 4.74. The van der Waals surface area contributed by atoms with Crippen LogP contribution in [0.1, 0.15) is 0 Å². The van der Waals surface area contributed by atoms with Gasteiger partial charge in [-0.2, -0.15) is 0 Å². The van der Waals surface area contributed by atoms with E-state index in [4.69, 9.17) is 4.62 Å². The fraction of sp³-hybridized carbons (Fsp3) is 0.417. The molecule has 120 valence electrons. The maximum absolute atomic E-state index is 11.6. The number of hydrogen-bond donors (Lipinski definition) is 1. The van der Waals surface area contributed by atoms with Gasteiger partial charge in [-0.25, -0.2) is 10.1 Å². The maximum atomic E-state index is 11.6. The van der Waals surface area contributed by atoms with Gasteiger partial charge in [0.2, 0.25) is 0 Å². The number of benzene rings is 1. The van der Waals surface area contributed by atoms with Crippen molar-refractivity contribution in [2.24, 2.45) is 0 Å². The zero-order chi connectivity index (χ0) is 15.9. The molecule has 10 heteroatoms. The van der Waals surface area contributed by atoms with Gasteiger partial charge < -0.3 is 4.90 Å². The largest absolute Gasteiger partial charge is 0.369 e. The third-order valence-corrected chi connectivity index (χ3v) is 4.21. The van der Waals surface area contributed by atoms with Crippen molar-refractivity contribution in [1.29, 1.82) is 0 Å². The van der Waals surface area contributed by atoms with E-state index in [-0.39, 0.29) is 18.0 Å². The first kappa shape index (κ1) is 17.3. The molecule has 1 aliphatic heterocycles. The molecule has 2 rings (SSSR count). The molecule has 1 N–H and O–H groups in total. The highest BCUT2D eigenvalue weighted by molar-refractivity contribution is 14.2. The van der Waals surface area contributed by atoms with Crippen molar-refractivity contribution in [3.05, 3.63) is 34.4 Å². The maximum Gasteiger partial charge on any atom is 0.269 e. The van der Waals surface area contributed by atoms with E-state index in [9.17, 15) is 14.9 Å². The molecule has 1 fully saturated rings. The van der Waals surface area contributed by atoms with Crippen molar-refractivity contribution in [3.8, 4) is 0 Å². The average Bonchev–Trinajstić information content (AvgIpc) is 2.54. The molecular weight excluding hydrogens is 422 g/mol. The number of amides is 1. The normalized spacial score (nSPS) is 16.1. The molecule has 1 atom stereocenters. The number of nitro groups is 1. The standard InChI is InChI=1S/C12H16IN4O4P/c13-22-21-14-12(18)9-15-5-7-16(8-6-15)10-1-3-11(4-2-10)17(19)20/h1-4,22H,5-9H2,(H,14,18). The summed E-state index contributed by atoms with van der Waals surface area (Å²) < 4.78 is 4.88. The second-order valence-corrected chi connectivity index (χ2v) is 6.42. The summed E-state index contributed by atoms with van der Waals surface area (Å²) in [7, 11) is 0. The van der Waals surface area contributed by atoms with Crippen LogP contribution in [-0.2, 0) is 9.42 Å². The SMILES string of the molecule is O=C(CN1CCN(c2ccc([N+](=O)[O-])cc2)CC1)NOPI. The number of nitro benzene ring substituents is 1. The minimum atomic E-state index is -0.404. The van der Waals surface area contributed by atoms with Gasteiger partial charge in [-0.3, -0.25) is 19.8 Å². The molecule has 1 unspecified atom stereocenters. The highest BCUT2D eigenvalue weighted by atomic mass is 127. The van der Waals surface area contributed by atoms with E-state index in [0.29, 0.717) is 6.54 Å². The van der Waals surface area contributed by atoms with Gasteiger partial charge in [-0.15, -0.1) is 0 Å². The fourth-order valence-corrected chi connectivity index (χ4v) is 2.74. The summed E-state index contributed by atoms with van der Waals surface area (Å²) in [5.74, 6) is -0.145. The Kier molecular flexibility index (Phi) is 6.74. The third-order valence-electron chi connectivity index (χ3n) is 3.37. The molecule has 8 nitrogen and oxygen atoms in total. The summed E-state index contributed by atoms with van der Waals surface area (Å²) in [6, 6.07) is 6.54. The molecular formula is C12H16IN4O4P. The summed E-state index contributed by atoms with van der Waals surface area (Å²) in [6.45, 7) is 3.59. The molecule has 0 bridgehead atoms. The van der Waals surface area contributed by atoms with Gasteiger partial charge in [0.1, 0.15) is 6.45 Å². The molecule has 1 aromatic rings. The number of carbonyl (C=O) groups excluding carboxylic acids is 1. The molecule has 1 saturated heterocycles. The Morgan fingerprint density at radius 1 is 1.32 bits per heavy atom. The van der Waals surface area contributed by atoms with Crippen LogP contribution in [-0.4, -0.2) is 48.5 Å². The van der Waals surface area contributed by atoms with Crippen LogP contribution < -0.4 is 10.4 Å². The molecule has 1 amide bonds. The molecule has 0 aliphatic carbocycles. The van der Waals surface area contributed by atoms with Crippen molar-refractivity contribution < 1.29 is 14.3 Å². The lowest BCUT2D eigenvalue weighted by molar-refractivity contribution is -0.384. The predicted octanol–water partition coefficient (Wildman–Crippen LogP) is 1.71. The van der Waals surface area contributed by atoms with E-state index in [1.807, 2.05) is 22.0 Å². The van der Waals surface area contributed by atoms with Gasteiger partial charge in [0.05, 0.1) is 11.5 Å². The van der Waals surface area contributed by atoms with Gasteiger partial charge in [-0.1, -0.05) is 0 Å². The average molecular weight is 438 g/mol. The van der Waals surface area contributed by atoms with Gasteiger partial charge in [-0.05, 0) is 34.2 Å². The molecule has 1 aliphatic rings. The van der Waals surface area contributed by atoms with Crippen molar-refractivity contribution in [1.82, 2.24) is 10.4 Å². The molecule has 0 saturated carbocycles. The van der Waals surface area contributed by atoms with Gasteiger partial charge in [0, 0.05) is 44.0 Å². The minimum Gasteiger partial charge on any atom is -0.369 e. The number of rotatable bonds is 6. The number of piperazine rings is 1. The van der Waals surface area contributed by atoms with Crippen LogP contribution in [0, 0.1) is 10.1 Å². The number of nitrogens with one attached hydrogen (secondary N) is 1. The lowest BCUT2D eigenvalue weighted by Crippen LogP contribution is -2.49. The molecule has 0 aromatic heterocycles. The first-order valence-corrected chi connectivity index (χ1v) is 10.6. The van der Waals surface area contributed by atoms with Crippen LogP contribution in [0.2, 0.25) is 0 Å². The smallest absolute Gasteiger partial charge is 0.269 e. The Balaban J connectivity index is 1.81. The highest BCUT2D eigenvalue weighted by Gasteiger charge is 2.19. The third kappa shape index (κ3) is 5.01. The number of carbonyl (C=O) groups is 1. The Hall–Kier alpha value is -1.03. The summed E-state index contributed by atoms with van der Waals surface area (Å²) in [4.78, 5) is 26.0. The van der Waals surface area contributed by atoms with E-state index in [1.165, 1.54) is 12.1 Å². The van der Waals surface area contributed by atoms with E-state index >= 15 is 0 Å². The zero-order valence-corrected chi connectivity index (χ0v) is 14.9. The van der Waals surface area contributed by atoms with E-state index in [0.717, 1.165) is 31.9 Å². The summed E-state index contributed by atoms with van der Waals surface area (Å²) >= 11 is 2.04.